The molecule has 90 valence electrons. The first kappa shape index (κ1) is 14.0. The van der Waals surface area contributed by atoms with Crippen molar-refractivity contribution in [1.29, 1.82) is 0 Å². The van der Waals surface area contributed by atoms with Crippen LogP contribution in [0.3, 0.4) is 0 Å². The first-order valence-electron chi connectivity index (χ1n) is 5.34. The lowest BCUT2D eigenvalue weighted by Gasteiger charge is -2.21. The topological polar surface area (TPSA) is 18.5 Å². The molecule has 0 N–H and O–H groups in total. The molecule has 0 heterocycles. The zero-order valence-electron chi connectivity index (χ0n) is 9.59. The molecule has 0 radical (unpaired) electrons. The number of rotatable bonds is 7. The summed E-state index contributed by atoms with van der Waals surface area (Å²) in [6.45, 7) is 4.80. The van der Waals surface area contributed by atoms with E-state index in [1.807, 2.05) is 30.3 Å². The Morgan fingerprint density at radius 2 is 1.94 bits per heavy atom. The maximum atomic E-state index is 5.81. The van der Waals surface area contributed by atoms with Gasteiger partial charge in [0.15, 0.2) is 0 Å². The quantitative estimate of drug-likeness (QED) is 0.684. The minimum atomic E-state index is -2.21. The Labute approximate surface area is 107 Å². The van der Waals surface area contributed by atoms with Crippen LogP contribution in [-0.2, 0) is 16.3 Å². The summed E-state index contributed by atoms with van der Waals surface area (Å²) < 4.78 is 11.5. The zero-order chi connectivity index (χ0) is 11.9. The van der Waals surface area contributed by atoms with Gasteiger partial charge in [-0.2, -0.15) is 0 Å². The van der Waals surface area contributed by atoms with E-state index < -0.39 is 5.69 Å². The Morgan fingerprint density at radius 1 is 1.25 bits per heavy atom. The van der Waals surface area contributed by atoms with Gasteiger partial charge in [-0.15, -0.1) is 0 Å². The molecule has 0 spiro atoms. The van der Waals surface area contributed by atoms with Crippen molar-refractivity contribution < 1.29 is 9.05 Å². The van der Waals surface area contributed by atoms with Gasteiger partial charge in [0.05, 0.1) is 6.61 Å². The Morgan fingerprint density at radius 3 is 2.50 bits per heavy atom. The van der Waals surface area contributed by atoms with Gasteiger partial charge in [0.25, 0.3) is 5.69 Å². The van der Waals surface area contributed by atoms with E-state index in [-0.39, 0.29) is 0 Å². The normalized spacial score (nSPS) is 14.4. The van der Waals surface area contributed by atoms with E-state index in [9.17, 15) is 0 Å². The summed E-state index contributed by atoms with van der Waals surface area (Å²) >= 11 is 7.07. The van der Waals surface area contributed by atoms with Crippen molar-refractivity contribution in [1.82, 2.24) is 0 Å². The molecule has 0 aliphatic rings. The molecule has 1 aromatic rings. The average Bonchev–Trinajstić information content (AvgIpc) is 2.28. The predicted molar refractivity (Wildman–Crippen MR) is 75.7 cm³/mol. The van der Waals surface area contributed by atoms with Crippen molar-refractivity contribution in [2.45, 2.75) is 20.3 Å². The third-order valence-electron chi connectivity index (χ3n) is 1.70. The zero-order valence-corrected chi connectivity index (χ0v) is 12.1. The smallest absolute Gasteiger partial charge is 0.297 e. The first-order valence-corrected chi connectivity index (χ1v) is 9.57. The van der Waals surface area contributed by atoms with Crippen molar-refractivity contribution in [3.63, 3.8) is 0 Å². The highest BCUT2D eigenvalue weighted by molar-refractivity contribution is 8.68. The molecule has 0 aliphatic carbocycles. The predicted octanol–water partition coefficient (Wildman–Crippen LogP) is 4.47. The van der Waals surface area contributed by atoms with Gasteiger partial charge in [0.1, 0.15) is 5.75 Å². The number of benzene rings is 1. The summed E-state index contributed by atoms with van der Waals surface area (Å²) in [5.74, 6) is 1.70. The highest BCUT2D eigenvalue weighted by atomic mass is 32.9. The van der Waals surface area contributed by atoms with Crippen LogP contribution in [0.15, 0.2) is 30.3 Å². The van der Waals surface area contributed by atoms with Gasteiger partial charge in [-0.25, -0.2) is 0 Å². The van der Waals surface area contributed by atoms with E-state index in [0.717, 1.165) is 17.9 Å². The molecular formula is C11H17O2PS2. The van der Waals surface area contributed by atoms with Crippen LogP contribution >= 0.6 is 17.1 Å². The molecule has 1 atom stereocenters. The van der Waals surface area contributed by atoms with E-state index in [4.69, 9.17) is 20.9 Å². The van der Waals surface area contributed by atoms with Crippen LogP contribution in [0, 0.1) is 0 Å². The van der Waals surface area contributed by atoms with Crippen LogP contribution in [0.5, 0.6) is 5.75 Å². The lowest BCUT2D eigenvalue weighted by molar-refractivity contribution is 0.323. The molecule has 2 nitrogen and oxygen atoms in total. The fourth-order valence-corrected chi connectivity index (χ4v) is 5.59. The molecule has 1 aromatic carbocycles. The van der Waals surface area contributed by atoms with E-state index in [1.54, 1.807) is 11.4 Å². The van der Waals surface area contributed by atoms with E-state index in [2.05, 4.69) is 13.8 Å². The Bertz CT molecular complexity index is 343. The van der Waals surface area contributed by atoms with E-state index in [1.165, 1.54) is 0 Å². The largest absolute Gasteiger partial charge is 0.436 e. The maximum absolute atomic E-state index is 5.81. The van der Waals surface area contributed by atoms with Crippen molar-refractivity contribution in [3.05, 3.63) is 30.3 Å². The van der Waals surface area contributed by atoms with Crippen LogP contribution in [0.25, 0.3) is 0 Å². The van der Waals surface area contributed by atoms with Crippen molar-refractivity contribution in [2.75, 3.05) is 12.4 Å². The Kier molecular flexibility index (Phi) is 6.44. The highest BCUT2D eigenvalue weighted by Gasteiger charge is 2.20. The molecule has 0 saturated carbocycles. The SMILES string of the molecule is CCCOP(=S)(Oc1ccccc1)SCC. The van der Waals surface area contributed by atoms with Crippen molar-refractivity contribution in [3.8, 4) is 5.75 Å². The molecule has 0 bridgehead atoms. The second-order valence-electron chi connectivity index (χ2n) is 3.10. The summed E-state index contributed by atoms with van der Waals surface area (Å²) in [5, 5.41) is 0. The van der Waals surface area contributed by atoms with E-state index in [0.29, 0.717) is 6.61 Å². The minimum absolute atomic E-state index is 0.664. The standard InChI is InChI=1S/C11H17O2PS2/c1-3-10-12-14(15,16-4-2)13-11-8-6-5-7-9-11/h5-9H,3-4,10H2,1-2H3. The lowest BCUT2D eigenvalue weighted by Crippen LogP contribution is -1.96. The molecule has 0 fully saturated rings. The summed E-state index contributed by atoms with van der Waals surface area (Å²) in [4.78, 5) is 0. The van der Waals surface area contributed by atoms with E-state index >= 15 is 0 Å². The molecule has 0 aromatic heterocycles. The van der Waals surface area contributed by atoms with Gasteiger partial charge >= 0.3 is 0 Å². The fourth-order valence-electron chi connectivity index (χ4n) is 1.06. The fraction of sp³-hybridized carbons (Fsp3) is 0.455. The van der Waals surface area contributed by atoms with Gasteiger partial charge < -0.3 is 9.05 Å². The highest BCUT2D eigenvalue weighted by Crippen LogP contribution is 2.60. The molecule has 16 heavy (non-hydrogen) atoms. The van der Waals surface area contributed by atoms with Crippen molar-refractivity contribution in [2.24, 2.45) is 0 Å². The summed E-state index contributed by atoms with van der Waals surface area (Å²) in [5.41, 5.74) is -2.21. The molecule has 0 amide bonds. The van der Waals surface area contributed by atoms with Gasteiger partial charge in [0, 0.05) is 5.75 Å². The lowest BCUT2D eigenvalue weighted by atomic mass is 10.3. The van der Waals surface area contributed by atoms with Gasteiger partial charge in [-0.3, -0.25) is 0 Å². The molecule has 0 aliphatic heterocycles. The first-order chi connectivity index (χ1) is 7.70. The summed E-state index contributed by atoms with van der Waals surface area (Å²) in [7, 11) is 0. The van der Waals surface area contributed by atoms with Gasteiger partial charge in [0.2, 0.25) is 0 Å². The van der Waals surface area contributed by atoms with Crippen LogP contribution in [0.2, 0.25) is 0 Å². The summed E-state index contributed by atoms with van der Waals surface area (Å²) in [6, 6.07) is 9.65. The third-order valence-corrected chi connectivity index (χ3v) is 6.96. The van der Waals surface area contributed by atoms with Crippen molar-refractivity contribution >= 4 is 28.9 Å². The monoisotopic (exact) mass is 276 g/mol. The molecular weight excluding hydrogens is 259 g/mol. The minimum Gasteiger partial charge on any atom is -0.436 e. The van der Waals surface area contributed by atoms with Crippen LogP contribution in [-0.4, -0.2) is 12.4 Å². The number of hydrogen-bond acceptors (Lipinski definition) is 4. The Balaban J connectivity index is 2.67. The molecule has 1 rings (SSSR count). The molecule has 1 unspecified atom stereocenters. The third kappa shape index (κ3) is 4.88. The second-order valence-corrected chi connectivity index (χ2v) is 9.63. The van der Waals surface area contributed by atoms with Gasteiger partial charge in [-0.1, -0.05) is 43.4 Å². The Hall–Kier alpha value is -0.0200. The average molecular weight is 276 g/mol. The van der Waals surface area contributed by atoms with Crippen LogP contribution in [0.4, 0.5) is 0 Å². The maximum Gasteiger partial charge on any atom is 0.297 e. The number of para-hydroxylation sites is 1. The number of hydrogen-bond donors (Lipinski definition) is 0. The summed E-state index contributed by atoms with van der Waals surface area (Å²) in [6.07, 6.45) is 0.959. The van der Waals surface area contributed by atoms with Crippen LogP contribution < -0.4 is 4.52 Å². The van der Waals surface area contributed by atoms with Gasteiger partial charge in [-0.05, 0) is 30.4 Å². The van der Waals surface area contributed by atoms with Crippen LogP contribution in [0.1, 0.15) is 20.3 Å². The molecule has 0 saturated heterocycles. The second kappa shape index (κ2) is 7.33. The molecule has 5 heteroatoms.